The molecule has 0 spiro atoms. The zero-order valence-electron chi connectivity index (χ0n) is 11.4. The fourth-order valence-corrected chi connectivity index (χ4v) is 1.71. The highest BCUT2D eigenvalue weighted by Gasteiger charge is 2.16. The molecule has 0 amide bonds. The van der Waals surface area contributed by atoms with E-state index in [9.17, 15) is 4.79 Å². The minimum absolute atomic E-state index is 0.162. The lowest BCUT2D eigenvalue weighted by Crippen LogP contribution is -2.32. The van der Waals surface area contributed by atoms with Gasteiger partial charge in [0.2, 0.25) is 0 Å². The standard InChI is InChI=1S/C13H18N4O2/c1-9(2)17(6-4-5-14)12-7-10(13(18)19-3)11(15)8-16-12/h7-9H,4,6,15H2,1-3H3. The number of carbonyl (C=O) groups excluding carboxylic acids is 1. The highest BCUT2D eigenvalue weighted by molar-refractivity contribution is 5.95. The first-order valence-electron chi connectivity index (χ1n) is 5.98. The Kier molecular flexibility index (Phi) is 5.12. The predicted molar refractivity (Wildman–Crippen MR) is 72.7 cm³/mol. The van der Waals surface area contributed by atoms with Crippen molar-refractivity contribution < 1.29 is 9.53 Å². The van der Waals surface area contributed by atoms with Crippen molar-refractivity contribution in [3.63, 3.8) is 0 Å². The molecule has 0 fully saturated rings. The lowest BCUT2D eigenvalue weighted by molar-refractivity contribution is 0.0602. The molecular weight excluding hydrogens is 244 g/mol. The lowest BCUT2D eigenvalue weighted by atomic mass is 10.2. The van der Waals surface area contributed by atoms with Gasteiger partial charge in [0.1, 0.15) is 5.82 Å². The molecule has 2 N–H and O–H groups in total. The number of carbonyl (C=O) groups is 1. The summed E-state index contributed by atoms with van der Waals surface area (Å²) in [5.74, 6) is 0.116. The molecular formula is C13H18N4O2. The van der Waals surface area contributed by atoms with Gasteiger partial charge in [0, 0.05) is 12.6 Å². The second kappa shape index (κ2) is 6.59. The van der Waals surface area contributed by atoms with E-state index in [0.717, 1.165) is 0 Å². The molecule has 1 rings (SSSR count). The number of nitriles is 1. The van der Waals surface area contributed by atoms with Gasteiger partial charge in [0.15, 0.2) is 0 Å². The molecule has 0 bridgehead atoms. The Labute approximate surface area is 112 Å². The number of aromatic nitrogens is 1. The van der Waals surface area contributed by atoms with Crippen molar-refractivity contribution in [2.45, 2.75) is 26.3 Å². The monoisotopic (exact) mass is 262 g/mol. The molecule has 0 aliphatic heterocycles. The van der Waals surface area contributed by atoms with Crippen LogP contribution in [0.5, 0.6) is 0 Å². The maximum absolute atomic E-state index is 11.6. The summed E-state index contributed by atoms with van der Waals surface area (Å²) in [6.45, 7) is 4.53. The van der Waals surface area contributed by atoms with Crippen LogP contribution in [-0.2, 0) is 4.74 Å². The van der Waals surface area contributed by atoms with Crippen molar-refractivity contribution in [2.24, 2.45) is 0 Å². The third kappa shape index (κ3) is 3.58. The van der Waals surface area contributed by atoms with Crippen molar-refractivity contribution in [1.29, 1.82) is 5.26 Å². The molecule has 102 valence electrons. The Bertz CT molecular complexity index is 494. The molecule has 6 nitrogen and oxygen atoms in total. The molecule has 1 aromatic rings. The van der Waals surface area contributed by atoms with Gasteiger partial charge in [0.05, 0.1) is 37.0 Å². The number of nitrogens with two attached hydrogens (primary N) is 1. The molecule has 0 aliphatic carbocycles. The largest absolute Gasteiger partial charge is 0.465 e. The van der Waals surface area contributed by atoms with Crippen molar-refractivity contribution in [3.05, 3.63) is 17.8 Å². The van der Waals surface area contributed by atoms with Gasteiger partial charge < -0.3 is 15.4 Å². The molecule has 1 heterocycles. The topological polar surface area (TPSA) is 92.2 Å². The molecule has 1 aromatic heterocycles. The highest BCUT2D eigenvalue weighted by Crippen LogP contribution is 2.20. The van der Waals surface area contributed by atoms with E-state index in [1.54, 1.807) is 6.07 Å². The summed E-state index contributed by atoms with van der Waals surface area (Å²) in [5.41, 5.74) is 6.27. The SMILES string of the molecule is COC(=O)c1cc(N(CCC#N)C(C)C)ncc1N. The third-order valence-corrected chi connectivity index (χ3v) is 2.71. The number of anilines is 2. The summed E-state index contributed by atoms with van der Waals surface area (Å²) in [5, 5.41) is 8.68. The van der Waals surface area contributed by atoms with E-state index in [2.05, 4.69) is 15.8 Å². The Morgan fingerprint density at radius 2 is 2.32 bits per heavy atom. The smallest absolute Gasteiger partial charge is 0.340 e. The number of nitrogens with zero attached hydrogens (tertiary/aromatic N) is 3. The van der Waals surface area contributed by atoms with Crippen LogP contribution < -0.4 is 10.6 Å². The normalized spacial score (nSPS) is 10.1. The van der Waals surface area contributed by atoms with Crippen LogP contribution >= 0.6 is 0 Å². The van der Waals surface area contributed by atoms with Gasteiger partial charge in [-0.05, 0) is 19.9 Å². The number of hydrogen-bond donors (Lipinski definition) is 1. The first-order valence-corrected chi connectivity index (χ1v) is 5.98. The van der Waals surface area contributed by atoms with E-state index in [1.165, 1.54) is 13.3 Å². The fourth-order valence-electron chi connectivity index (χ4n) is 1.71. The van der Waals surface area contributed by atoms with Crippen LogP contribution in [-0.4, -0.2) is 30.6 Å². The molecule has 0 aromatic carbocycles. The third-order valence-electron chi connectivity index (χ3n) is 2.71. The van der Waals surface area contributed by atoms with Gasteiger partial charge >= 0.3 is 5.97 Å². The molecule has 0 saturated heterocycles. The summed E-state index contributed by atoms with van der Waals surface area (Å²) in [6, 6.07) is 3.85. The van der Waals surface area contributed by atoms with E-state index < -0.39 is 5.97 Å². The van der Waals surface area contributed by atoms with Crippen LogP contribution in [0.4, 0.5) is 11.5 Å². The van der Waals surface area contributed by atoms with E-state index in [1.807, 2.05) is 18.7 Å². The highest BCUT2D eigenvalue weighted by atomic mass is 16.5. The zero-order valence-corrected chi connectivity index (χ0v) is 11.4. The van der Waals surface area contributed by atoms with Crippen LogP contribution in [0.1, 0.15) is 30.6 Å². The summed E-state index contributed by atoms with van der Waals surface area (Å²) < 4.78 is 4.68. The first kappa shape index (κ1) is 14.8. The summed E-state index contributed by atoms with van der Waals surface area (Å²) in [7, 11) is 1.30. The quantitative estimate of drug-likeness (QED) is 0.810. The van der Waals surface area contributed by atoms with Crippen LogP contribution in [0, 0.1) is 11.3 Å². The molecule has 0 atom stereocenters. The minimum atomic E-state index is -0.495. The Hall–Kier alpha value is -2.29. The average molecular weight is 262 g/mol. The number of methoxy groups -OCH3 is 1. The Balaban J connectivity index is 3.11. The number of hydrogen-bond acceptors (Lipinski definition) is 6. The van der Waals surface area contributed by atoms with Crippen molar-refractivity contribution >= 4 is 17.5 Å². The first-order chi connectivity index (χ1) is 9.01. The van der Waals surface area contributed by atoms with Crippen molar-refractivity contribution in [3.8, 4) is 6.07 Å². The predicted octanol–water partition coefficient (Wildman–Crippen LogP) is 1.58. The zero-order chi connectivity index (χ0) is 14.4. The number of pyridine rings is 1. The second-order valence-electron chi connectivity index (χ2n) is 4.32. The maximum atomic E-state index is 11.6. The fraction of sp³-hybridized carbons (Fsp3) is 0.462. The van der Waals surface area contributed by atoms with Crippen LogP contribution in [0.15, 0.2) is 12.3 Å². The summed E-state index contributed by atoms with van der Waals surface area (Å²) >= 11 is 0. The van der Waals surface area contributed by atoms with E-state index in [4.69, 9.17) is 11.0 Å². The average Bonchev–Trinajstić information content (AvgIpc) is 2.39. The van der Waals surface area contributed by atoms with Gasteiger partial charge in [-0.2, -0.15) is 5.26 Å². The van der Waals surface area contributed by atoms with E-state index in [-0.39, 0.29) is 17.3 Å². The van der Waals surface area contributed by atoms with Gasteiger partial charge in [0.25, 0.3) is 0 Å². The number of esters is 1. The van der Waals surface area contributed by atoms with Crippen molar-refractivity contribution in [1.82, 2.24) is 4.98 Å². The number of rotatable bonds is 5. The van der Waals surface area contributed by atoms with Crippen LogP contribution in [0.2, 0.25) is 0 Å². The molecule has 19 heavy (non-hydrogen) atoms. The van der Waals surface area contributed by atoms with Gasteiger partial charge in [-0.25, -0.2) is 9.78 Å². The van der Waals surface area contributed by atoms with Gasteiger partial charge in [-0.1, -0.05) is 0 Å². The van der Waals surface area contributed by atoms with E-state index in [0.29, 0.717) is 18.8 Å². The summed E-state index contributed by atoms with van der Waals surface area (Å²) in [6.07, 6.45) is 1.82. The Morgan fingerprint density at radius 1 is 1.63 bits per heavy atom. The van der Waals surface area contributed by atoms with E-state index >= 15 is 0 Å². The van der Waals surface area contributed by atoms with Crippen LogP contribution in [0.25, 0.3) is 0 Å². The van der Waals surface area contributed by atoms with Crippen LogP contribution in [0.3, 0.4) is 0 Å². The number of nitrogen functional groups attached to an aromatic ring is 1. The summed E-state index contributed by atoms with van der Waals surface area (Å²) in [4.78, 5) is 17.7. The van der Waals surface area contributed by atoms with Gasteiger partial charge in [-0.15, -0.1) is 0 Å². The molecule has 6 heteroatoms. The molecule has 0 unspecified atom stereocenters. The van der Waals surface area contributed by atoms with Crippen molar-refractivity contribution in [2.75, 3.05) is 24.3 Å². The lowest BCUT2D eigenvalue weighted by Gasteiger charge is -2.27. The minimum Gasteiger partial charge on any atom is -0.465 e. The number of ether oxygens (including phenoxy) is 1. The maximum Gasteiger partial charge on any atom is 0.340 e. The molecule has 0 saturated carbocycles. The second-order valence-corrected chi connectivity index (χ2v) is 4.32. The Morgan fingerprint density at radius 3 is 2.84 bits per heavy atom. The van der Waals surface area contributed by atoms with Gasteiger partial charge in [-0.3, -0.25) is 0 Å². The molecule has 0 aliphatic rings. The molecule has 0 radical (unpaired) electrons.